The lowest BCUT2D eigenvalue weighted by atomic mass is 10.00. The normalized spacial score (nSPS) is 23.9. The molecule has 1 aromatic rings. The number of aromatic amines is 1. The first-order chi connectivity index (χ1) is 9.61. The Labute approximate surface area is 114 Å². The lowest BCUT2D eigenvalue weighted by molar-refractivity contribution is 0.165. The highest BCUT2D eigenvalue weighted by Crippen LogP contribution is 2.39. The number of H-pyrrole nitrogens is 1. The number of nitrogens with zero attached hydrogens (tertiary/aromatic N) is 1. The lowest BCUT2D eigenvalue weighted by Crippen LogP contribution is -2.36. The third-order valence-electron chi connectivity index (χ3n) is 3.04. The summed E-state index contributed by atoms with van der Waals surface area (Å²) >= 11 is 0. The van der Waals surface area contributed by atoms with Gasteiger partial charge in [-0.05, 0) is 30.7 Å². The molecule has 3 rings (SSSR count). The molecule has 1 aromatic heterocycles. The van der Waals surface area contributed by atoms with Gasteiger partial charge in [-0.3, -0.25) is 4.99 Å². The number of aromatic nitrogens is 1. The van der Waals surface area contributed by atoms with Crippen LogP contribution in [0.15, 0.2) is 52.5 Å². The molecule has 7 heteroatoms. The Morgan fingerprint density at radius 1 is 1.30 bits per heavy atom. The molecular weight excluding hydrogens is 265 g/mol. The second kappa shape index (κ2) is 4.66. The van der Waals surface area contributed by atoms with Gasteiger partial charge in [-0.15, -0.1) is 0 Å². The van der Waals surface area contributed by atoms with Crippen molar-refractivity contribution in [1.82, 2.24) is 4.98 Å². The fraction of sp³-hybridized carbons (Fsp3) is 0.154. The molecule has 1 N–H and O–H groups in total. The van der Waals surface area contributed by atoms with Crippen LogP contribution in [0.1, 0.15) is 19.0 Å². The van der Waals surface area contributed by atoms with E-state index in [0.29, 0.717) is 23.4 Å². The summed E-state index contributed by atoms with van der Waals surface area (Å²) in [7, 11) is -4.40. The molecule has 0 spiro atoms. The fourth-order valence-electron chi connectivity index (χ4n) is 2.21. The van der Waals surface area contributed by atoms with Gasteiger partial charge in [-0.2, -0.15) is 0 Å². The average Bonchev–Trinajstić information content (AvgIpc) is 3.10. The van der Waals surface area contributed by atoms with Gasteiger partial charge in [0.1, 0.15) is 17.2 Å². The number of halogens is 2. The number of rotatable bonds is 2. The molecular formula is C13H12BF2N2O2-. The predicted molar refractivity (Wildman–Crippen MR) is 72.8 cm³/mol. The van der Waals surface area contributed by atoms with E-state index in [1.54, 1.807) is 30.5 Å². The molecule has 0 aromatic carbocycles. The SMILES string of the molecule is CCC1=C(c2ccc[nH]2)O[B-](F)(F)O/C1=C1/C=CC=N1. The van der Waals surface area contributed by atoms with Gasteiger partial charge < -0.3 is 22.9 Å². The van der Waals surface area contributed by atoms with Crippen LogP contribution in [-0.2, 0) is 9.31 Å². The zero-order chi connectivity index (χ0) is 14.2. The average molecular weight is 277 g/mol. The van der Waals surface area contributed by atoms with Gasteiger partial charge in [0.15, 0.2) is 0 Å². The van der Waals surface area contributed by atoms with Crippen molar-refractivity contribution >= 4 is 19.1 Å². The highest BCUT2D eigenvalue weighted by atomic mass is 19.3. The molecule has 0 saturated heterocycles. The minimum Gasteiger partial charge on any atom is -0.626 e. The van der Waals surface area contributed by atoms with Gasteiger partial charge in [0.2, 0.25) is 0 Å². The fourth-order valence-corrected chi connectivity index (χ4v) is 2.21. The van der Waals surface area contributed by atoms with Gasteiger partial charge in [-0.1, -0.05) is 6.92 Å². The van der Waals surface area contributed by atoms with E-state index in [1.807, 2.05) is 6.92 Å². The Bertz CT molecular complexity index is 631. The molecule has 4 nitrogen and oxygen atoms in total. The summed E-state index contributed by atoms with van der Waals surface area (Å²) in [6.07, 6.45) is 6.99. The molecule has 0 atom stereocenters. The van der Waals surface area contributed by atoms with E-state index in [0.717, 1.165) is 0 Å². The summed E-state index contributed by atoms with van der Waals surface area (Å²) in [5.74, 6) is 0.199. The Hall–Kier alpha value is -2.31. The second-order valence-corrected chi connectivity index (χ2v) is 4.37. The van der Waals surface area contributed by atoms with Gasteiger partial charge in [0.25, 0.3) is 0 Å². The highest BCUT2D eigenvalue weighted by molar-refractivity contribution is 6.54. The first-order valence-corrected chi connectivity index (χ1v) is 6.31. The van der Waals surface area contributed by atoms with Crippen LogP contribution in [0.2, 0.25) is 0 Å². The molecule has 2 aliphatic rings. The summed E-state index contributed by atoms with van der Waals surface area (Å²) in [5, 5.41) is 0. The first kappa shape index (κ1) is 12.7. The molecule has 0 amide bonds. The molecule has 0 aliphatic carbocycles. The van der Waals surface area contributed by atoms with E-state index in [2.05, 4.69) is 9.98 Å². The van der Waals surface area contributed by atoms with Gasteiger partial charge in [-0.25, -0.2) is 0 Å². The predicted octanol–water partition coefficient (Wildman–Crippen LogP) is 3.41. The Kier molecular flexibility index (Phi) is 2.96. The largest absolute Gasteiger partial charge is 0.726 e. The Balaban J connectivity index is 2.19. The number of hydrogen-bond donors (Lipinski definition) is 1. The van der Waals surface area contributed by atoms with Gasteiger partial charge >= 0.3 is 7.11 Å². The first-order valence-electron chi connectivity index (χ1n) is 6.31. The van der Waals surface area contributed by atoms with Crippen molar-refractivity contribution in [1.29, 1.82) is 0 Å². The zero-order valence-corrected chi connectivity index (χ0v) is 10.8. The standard InChI is InChI=1S/C13H12BF2N2O2/c1-2-9-12(10-5-3-7-17-10)19-14(15,16)20-13(9)11-6-4-8-18-11/h3-8,17H,2H2,1H3/q-1/b13-11-. The molecule has 2 aliphatic heterocycles. The Morgan fingerprint density at radius 2 is 2.10 bits per heavy atom. The summed E-state index contributed by atoms with van der Waals surface area (Å²) in [5.41, 5.74) is 1.45. The van der Waals surface area contributed by atoms with Gasteiger partial charge in [0.05, 0.1) is 5.69 Å². The minimum absolute atomic E-state index is 0.0818. The smallest absolute Gasteiger partial charge is 0.626 e. The van der Waals surface area contributed by atoms with Crippen LogP contribution in [-0.4, -0.2) is 18.3 Å². The number of aliphatic imine (C=N–C) groups is 1. The van der Waals surface area contributed by atoms with Crippen molar-refractivity contribution in [2.45, 2.75) is 13.3 Å². The molecule has 0 radical (unpaired) electrons. The third-order valence-corrected chi connectivity index (χ3v) is 3.04. The lowest BCUT2D eigenvalue weighted by Gasteiger charge is -2.37. The zero-order valence-electron chi connectivity index (χ0n) is 10.8. The van der Waals surface area contributed by atoms with Crippen molar-refractivity contribution in [3.8, 4) is 0 Å². The minimum atomic E-state index is -4.40. The van der Waals surface area contributed by atoms with Crippen molar-refractivity contribution < 1.29 is 17.9 Å². The van der Waals surface area contributed by atoms with Crippen molar-refractivity contribution in [2.75, 3.05) is 0 Å². The summed E-state index contributed by atoms with van der Waals surface area (Å²) in [6, 6.07) is 3.40. The molecule has 0 fully saturated rings. The van der Waals surface area contributed by atoms with Crippen LogP contribution in [0.5, 0.6) is 0 Å². The molecule has 3 heterocycles. The topological polar surface area (TPSA) is 46.6 Å². The van der Waals surface area contributed by atoms with Gasteiger partial charge in [0, 0.05) is 18.0 Å². The Morgan fingerprint density at radius 3 is 2.70 bits per heavy atom. The van der Waals surface area contributed by atoms with E-state index in [4.69, 9.17) is 9.31 Å². The maximum absolute atomic E-state index is 13.7. The van der Waals surface area contributed by atoms with Crippen molar-refractivity contribution in [3.05, 3.63) is 53.2 Å². The van der Waals surface area contributed by atoms with Crippen LogP contribution < -0.4 is 0 Å². The number of allylic oxidation sites excluding steroid dienone is 3. The monoisotopic (exact) mass is 277 g/mol. The maximum atomic E-state index is 13.7. The highest BCUT2D eigenvalue weighted by Gasteiger charge is 2.41. The van der Waals surface area contributed by atoms with E-state index in [9.17, 15) is 8.63 Å². The van der Waals surface area contributed by atoms with E-state index in [-0.39, 0.29) is 11.5 Å². The third kappa shape index (κ3) is 2.15. The van der Waals surface area contributed by atoms with Crippen LogP contribution in [0.25, 0.3) is 5.76 Å². The second-order valence-electron chi connectivity index (χ2n) is 4.37. The number of nitrogens with one attached hydrogen (secondary N) is 1. The summed E-state index contributed by atoms with van der Waals surface area (Å²) < 4.78 is 36.9. The molecule has 20 heavy (non-hydrogen) atoms. The summed E-state index contributed by atoms with van der Waals surface area (Å²) in [4.78, 5) is 6.91. The quantitative estimate of drug-likeness (QED) is 0.842. The van der Waals surface area contributed by atoms with Crippen LogP contribution in [0, 0.1) is 0 Å². The summed E-state index contributed by atoms with van der Waals surface area (Å²) in [6.45, 7) is 1.85. The number of hydrogen-bond acceptors (Lipinski definition) is 3. The van der Waals surface area contributed by atoms with Crippen LogP contribution in [0.3, 0.4) is 0 Å². The van der Waals surface area contributed by atoms with E-state index < -0.39 is 7.11 Å². The molecule has 0 saturated carbocycles. The molecule has 0 bridgehead atoms. The molecule has 104 valence electrons. The molecule has 0 unspecified atom stereocenters. The van der Waals surface area contributed by atoms with Crippen molar-refractivity contribution in [2.24, 2.45) is 4.99 Å². The van der Waals surface area contributed by atoms with Crippen LogP contribution in [0.4, 0.5) is 8.63 Å². The van der Waals surface area contributed by atoms with E-state index >= 15 is 0 Å². The van der Waals surface area contributed by atoms with E-state index in [1.165, 1.54) is 6.21 Å². The van der Waals surface area contributed by atoms with Crippen molar-refractivity contribution in [3.63, 3.8) is 0 Å². The van der Waals surface area contributed by atoms with Crippen LogP contribution >= 0.6 is 0 Å². The maximum Gasteiger partial charge on any atom is 0.726 e.